The van der Waals surface area contributed by atoms with Crippen LogP contribution < -0.4 is 26.1 Å². The summed E-state index contributed by atoms with van der Waals surface area (Å²) in [6.07, 6.45) is 2.23. The second-order valence-electron chi connectivity index (χ2n) is 7.24. The number of nitrogens with one attached hydrogen (secondary N) is 2. The summed E-state index contributed by atoms with van der Waals surface area (Å²) in [6, 6.07) is 16.9. The van der Waals surface area contributed by atoms with Crippen molar-refractivity contribution >= 4 is 23.3 Å². The number of aromatic nitrogens is 4. The predicted molar refractivity (Wildman–Crippen MR) is 126 cm³/mol. The number of hydrogen-bond donors (Lipinski definition) is 2. The van der Waals surface area contributed by atoms with Crippen LogP contribution >= 0.6 is 0 Å². The van der Waals surface area contributed by atoms with Gasteiger partial charge >= 0.3 is 5.69 Å². The Labute approximate surface area is 189 Å². The molecule has 0 spiro atoms. The average molecular weight is 448 g/mol. The quantitative estimate of drug-likeness (QED) is 0.231. The number of benzene rings is 2. The van der Waals surface area contributed by atoms with Gasteiger partial charge in [0.15, 0.2) is 11.2 Å². The lowest BCUT2D eigenvalue weighted by Gasteiger charge is -2.09. The molecule has 0 bridgehead atoms. The van der Waals surface area contributed by atoms with E-state index in [0.717, 1.165) is 11.3 Å². The van der Waals surface area contributed by atoms with Crippen LogP contribution in [0.1, 0.15) is 12.0 Å². The molecule has 0 aliphatic heterocycles. The van der Waals surface area contributed by atoms with E-state index in [1.165, 1.54) is 4.57 Å². The number of ether oxygens (including phenoxy) is 2. The predicted octanol–water partition coefficient (Wildman–Crippen LogP) is 2.35. The second-order valence-corrected chi connectivity index (χ2v) is 7.24. The fraction of sp³-hybridized carbons (Fsp3) is 0.217. The second kappa shape index (κ2) is 9.86. The molecule has 4 rings (SSSR count). The molecule has 2 heterocycles. The molecule has 0 radical (unpaired) electrons. The Balaban J connectivity index is 1.58. The van der Waals surface area contributed by atoms with Gasteiger partial charge in [-0.2, -0.15) is 10.1 Å². The first kappa shape index (κ1) is 21.9. The van der Waals surface area contributed by atoms with Gasteiger partial charge in [0, 0.05) is 13.6 Å². The summed E-state index contributed by atoms with van der Waals surface area (Å²) in [5.74, 6) is 1.83. The first-order valence-electron chi connectivity index (χ1n) is 10.4. The molecule has 2 aromatic carbocycles. The monoisotopic (exact) mass is 448 g/mol. The van der Waals surface area contributed by atoms with Crippen LogP contribution in [0.25, 0.3) is 11.2 Å². The fourth-order valence-electron chi connectivity index (χ4n) is 3.35. The Morgan fingerprint density at radius 2 is 1.91 bits per heavy atom. The van der Waals surface area contributed by atoms with Crippen LogP contribution in [-0.2, 0) is 13.6 Å². The molecule has 0 saturated heterocycles. The van der Waals surface area contributed by atoms with Crippen molar-refractivity contribution in [3.05, 3.63) is 81.0 Å². The number of hydrogen-bond acceptors (Lipinski definition) is 7. The van der Waals surface area contributed by atoms with E-state index in [0.29, 0.717) is 31.3 Å². The Morgan fingerprint density at radius 1 is 1.12 bits per heavy atom. The summed E-state index contributed by atoms with van der Waals surface area (Å²) in [6.45, 7) is 0.876. The highest BCUT2D eigenvalue weighted by atomic mass is 16.5. The van der Waals surface area contributed by atoms with Crippen molar-refractivity contribution in [1.29, 1.82) is 0 Å². The van der Waals surface area contributed by atoms with Crippen LogP contribution in [0, 0.1) is 0 Å². The van der Waals surface area contributed by atoms with Gasteiger partial charge in [0.2, 0.25) is 5.95 Å². The van der Waals surface area contributed by atoms with E-state index in [4.69, 9.17) is 9.47 Å². The maximum atomic E-state index is 12.6. The van der Waals surface area contributed by atoms with Gasteiger partial charge in [0.05, 0.1) is 19.9 Å². The van der Waals surface area contributed by atoms with Crippen molar-refractivity contribution in [2.24, 2.45) is 12.1 Å². The van der Waals surface area contributed by atoms with Crippen LogP contribution in [0.15, 0.2) is 69.3 Å². The summed E-state index contributed by atoms with van der Waals surface area (Å²) in [7, 11) is 3.15. The van der Waals surface area contributed by atoms with Crippen molar-refractivity contribution in [2.45, 2.75) is 13.0 Å². The average Bonchev–Trinajstić information content (AvgIpc) is 3.20. The van der Waals surface area contributed by atoms with E-state index < -0.39 is 11.2 Å². The number of nitrogens with zero attached hydrogens (tertiary/aromatic N) is 4. The summed E-state index contributed by atoms with van der Waals surface area (Å²) < 4.78 is 14.0. The minimum absolute atomic E-state index is 0.270. The first-order chi connectivity index (χ1) is 16.1. The molecule has 0 unspecified atom stereocenters. The maximum Gasteiger partial charge on any atom is 0.329 e. The van der Waals surface area contributed by atoms with Gasteiger partial charge < -0.3 is 14.0 Å². The van der Waals surface area contributed by atoms with Crippen molar-refractivity contribution < 1.29 is 9.47 Å². The molecule has 170 valence electrons. The molecule has 0 aliphatic carbocycles. The van der Waals surface area contributed by atoms with Gasteiger partial charge in [-0.3, -0.25) is 14.3 Å². The highest BCUT2D eigenvalue weighted by Gasteiger charge is 2.17. The van der Waals surface area contributed by atoms with Gasteiger partial charge in [-0.1, -0.05) is 30.3 Å². The minimum Gasteiger partial charge on any atom is -0.497 e. The molecule has 2 aromatic heterocycles. The van der Waals surface area contributed by atoms with E-state index in [1.54, 1.807) is 24.9 Å². The van der Waals surface area contributed by atoms with Gasteiger partial charge in [0.25, 0.3) is 5.56 Å². The summed E-state index contributed by atoms with van der Waals surface area (Å²) in [5.41, 5.74) is 3.24. The number of methoxy groups -OCH3 is 1. The fourth-order valence-corrected chi connectivity index (χ4v) is 3.35. The third-order valence-corrected chi connectivity index (χ3v) is 5.02. The number of anilines is 1. The zero-order valence-electron chi connectivity index (χ0n) is 18.3. The molecular weight excluding hydrogens is 424 g/mol. The van der Waals surface area contributed by atoms with Crippen LogP contribution in [0.2, 0.25) is 0 Å². The molecule has 33 heavy (non-hydrogen) atoms. The third-order valence-electron chi connectivity index (χ3n) is 5.02. The molecule has 0 saturated carbocycles. The maximum absolute atomic E-state index is 12.6. The molecular formula is C23H24N6O4. The molecule has 10 nitrogen and oxygen atoms in total. The third kappa shape index (κ3) is 4.95. The highest BCUT2D eigenvalue weighted by Crippen LogP contribution is 2.17. The molecule has 10 heteroatoms. The summed E-state index contributed by atoms with van der Waals surface area (Å²) in [5, 5.41) is 4.26. The molecule has 0 amide bonds. The van der Waals surface area contributed by atoms with E-state index in [2.05, 4.69) is 20.5 Å². The first-order valence-corrected chi connectivity index (χ1v) is 10.4. The number of rotatable bonds is 9. The van der Waals surface area contributed by atoms with Gasteiger partial charge in [-0.25, -0.2) is 10.2 Å². The topological polar surface area (TPSA) is 116 Å². The number of para-hydroxylation sites is 1. The SMILES string of the molecule is COc1cccc(C=NNc2nc3c(c(=O)[nH]c(=O)n3C)n2CCCOc2ccccc2)c1. The van der Waals surface area contributed by atoms with Crippen LogP contribution in [0.3, 0.4) is 0 Å². The molecule has 2 N–H and O–H groups in total. The van der Waals surface area contributed by atoms with Gasteiger partial charge in [-0.05, 0) is 36.2 Å². The Bertz CT molecular complexity index is 1390. The Morgan fingerprint density at radius 3 is 2.70 bits per heavy atom. The molecule has 0 fully saturated rings. The van der Waals surface area contributed by atoms with E-state index >= 15 is 0 Å². The number of imidazole rings is 1. The smallest absolute Gasteiger partial charge is 0.329 e. The van der Waals surface area contributed by atoms with E-state index in [9.17, 15) is 9.59 Å². The van der Waals surface area contributed by atoms with Crippen LogP contribution in [0.5, 0.6) is 11.5 Å². The highest BCUT2D eigenvalue weighted by molar-refractivity contribution is 5.81. The van der Waals surface area contributed by atoms with Crippen LogP contribution in [-0.4, -0.2) is 39.0 Å². The number of fused-ring (bicyclic) bond motifs is 1. The largest absolute Gasteiger partial charge is 0.497 e. The normalized spacial score (nSPS) is 11.2. The van der Waals surface area contributed by atoms with Crippen molar-refractivity contribution in [1.82, 2.24) is 19.1 Å². The summed E-state index contributed by atoms with van der Waals surface area (Å²) >= 11 is 0. The Kier molecular flexibility index (Phi) is 6.53. The van der Waals surface area contributed by atoms with Crippen LogP contribution in [0.4, 0.5) is 5.95 Å². The lowest BCUT2D eigenvalue weighted by Crippen LogP contribution is -2.29. The number of hydrazone groups is 1. The standard InChI is InChI=1S/C23H24N6O4/c1-28-20-19(21(30)26-23(28)31)29(12-7-13-33-17-9-4-3-5-10-17)22(25-20)27-24-15-16-8-6-11-18(14-16)32-2/h3-6,8-11,14-15H,7,12-13H2,1-2H3,(H,25,27)(H,26,30,31). The van der Waals surface area contributed by atoms with E-state index in [-0.39, 0.29) is 11.2 Å². The zero-order valence-corrected chi connectivity index (χ0v) is 18.3. The van der Waals surface area contributed by atoms with Crippen molar-refractivity contribution in [2.75, 3.05) is 19.1 Å². The lowest BCUT2D eigenvalue weighted by molar-refractivity contribution is 0.303. The number of aromatic amines is 1. The van der Waals surface area contributed by atoms with Crippen molar-refractivity contribution in [3.8, 4) is 11.5 Å². The molecule has 0 aliphatic rings. The van der Waals surface area contributed by atoms with Gasteiger partial charge in [-0.15, -0.1) is 0 Å². The number of H-pyrrole nitrogens is 1. The molecule has 4 aromatic rings. The minimum atomic E-state index is -0.531. The van der Waals surface area contributed by atoms with E-state index in [1.807, 2.05) is 54.6 Å². The lowest BCUT2D eigenvalue weighted by atomic mass is 10.2. The zero-order chi connectivity index (χ0) is 23.2. The Hall–Kier alpha value is -4.34. The molecule has 0 atom stereocenters. The van der Waals surface area contributed by atoms with Crippen molar-refractivity contribution in [3.63, 3.8) is 0 Å². The summed E-state index contributed by atoms with van der Waals surface area (Å²) in [4.78, 5) is 31.4. The van der Waals surface area contributed by atoms with Gasteiger partial charge in [0.1, 0.15) is 11.5 Å². The number of aryl methyl sites for hydroxylation is 2.